The predicted molar refractivity (Wildman–Crippen MR) is 98.9 cm³/mol. The third-order valence-electron chi connectivity index (χ3n) is 3.80. The maximum atomic E-state index is 12.4. The van der Waals surface area contributed by atoms with Crippen LogP contribution in [-0.2, 0) is 4.79 Å². The fourth-order valence-corrected chi connectivity index (χ4v) is 3.39. The highest BCUT2D eigenvalue weighted by molar-refractivity contribution is 8.00. The molecule has 1 amide bonds. The summed E-state index contributed by atoms with van der Waals surface area (Å²) in [5.74, 6) is 1.17. The highest BCUT2D eigenvalue weighted by Gasteiger charge is 2.13. The number of anilines is 1. The van der Waals surface area contributed by atoms with Crippen molar-refractivity contribution in [3.05, 3.63) is 60.8 Å². The fourth-order valence-electron chi connectivity index (χ4n) is 2.47. The number of benzene rings is 2. The van der Waals surface area contributed by atoms with E-state index in [9.17, 15) is 4.79 Å². The molecule has 5 heteroatoms. The Morgan fingerprint density at radius 3 is 2.62 bits per heavy atom. The molecule has 0 aliphatic rings. The van der Waals surface area contributed by atoms with Gasteiger partial charge in [0.05, 0.1) is 12.9 Å². The van der Waals surface area contributed by atoms with E-state index in [1.165, 1.54) is 11.8 Å². The summed E-state index contributed by atoms with van der Waals surface area (Å²) < 4.78 is 5.39. The van der Waals surface area contributed by atoms with Crippen molar-refractivity contribution in [2.75, 3.05) is 24.8 Å². The molecule has 3 rings (SSSR count). The molecule has 0 aliphatic carbocycles. The molecule has 24 heavy (non-hydrogen) atoms. The van der Waals surface area contributed by atoms with Crippen LogP contribution < -0.4 is 9.64 Å². The molecule has 3 aromatic rings. The average molecular weight is 338 g/mol. The average Bonchev–Trinajstić information content (AvgIpc) is 2.65. The SMILES string of the molecule is COc1cccc2c(SCC(=O)N(C)c3ccccc3)nccc12. The number of para-hydroxylation sites is 1. The van der Waals surface area contributed by atoms with E-state index >= 15 is 0 Å². The predicted octanol–water partition coefficient (Wildman–Crippen LogP) is 4.00. The first-order valence-electron chi connectivity index (χ1n) is 7.57. The summed E-state index contributed by atoms with van der Waals surface area (Å²) in [6.45, 7) is 0. The number of carbonyl (C=O) groups excluding carboxylic acids is 1. The number of aromatic nitrogens is 1. The van der Waals surface area contributed by atoms with Gasteiger partial charge < -0.3 is 9.64 Å². The lowest BCUT2D eigenvalue weighted by molar-refractivity contribution is -0.115. The molecule has 4 nitrogen and oxygen atoms in total. The minimum Gasteiger partial charge on any atom is -0.496 e. The molecular weight excluding hydrogens is 320 g/mol. The van der Waals surface area contributed by atoms with Gasteiger partial charge in [0.15, 0.2) is 0 Å². The topological polar surface area (TPSA) is 42.4 Å². The van der Waals surface area contributed by atoms with Gasteiger partial charge in [-0.2, -0.15) is 0 Å². The molecule has 0 bridgehead atoms. The molecule has 0 fully saturated rings. The van der Waals surface area contributed by atoms with Gasteiger partial charge in [-0.15, -0.1) is 0 Å². The van der Waals surface area contributed by atoms with E-state index in [1.807, 2.05) is 54.6 Å². The number of carbonyl (C=O) groups is 1. The zero-order chi connectivity index (χ0) is 16.9. The van der Waals surface area contributed by atoms with E-state index < -0.39 is 0 Å². The number of ether oxygens (including phenoxy) is 1. The first-order valence-corrected chi connectivity index (χ1v) is 8.55. The number of rotatable bonds is 5. The first-order chi connectivity index (χ1) is 11.7. The Bertz CT molecular complexity index is 852. The van der Waals surface area contributed by atoms with Crippen molar-refractivity contribution >= 4 is 34.1 Å². The molecule has 1 aromatic heterocycles. The molecular formula is C19H18N2O2S. The van der Waals surface area contributed by atoms with Crippen molar-refractivity contribution in [1.82, 2.24) is 4.98 Å². The zero-order valence-corrected chi connectivity index (χ0v) is 14.4. The van der Waals surface area contributed by atoms with Crippen molar-refractivity contribution in [3.63, 3.8) is 0 Å². The summed E-state index contributed by atoms with van der Waals surface area (Å²) in [7, 11) is 3.44. The van der Waals surface area contributed by atoms with Gasteiger partial charge in [-0.05, 0) is 24.3 Å². The summed E-state index contributed by atoms with van der Waals surface area (Å²) in [5.41, 5.74) is 0.885. The van der Waals surface area contributed by atoms with Crippen molar-refractivity contribution in [2.45, 2.75) is 5.03 Å². The number of hydrogen-bond acceptors (Lipinski definition) is 4. The third kappa shape index (κ3) is 3.36. The van der Waals surface area contributed by atoms with Crippen LogP contribution in [0.25, 0.3) is 10.8 Å². The molecule has 0 atom stereocenters. The molecule has 2 aromatic carbocycles. The molecule has 0 N–H and O–H groups in total. The number of pyridine rings is 1. The number of methoxy groups -OCH3 is 1. The minimum atomic E-state index is 0.0351. The second-order valence-corrected chi connectivity index (χ2v) is 6.21. The maximum Gasteiger partial charge on any atom is 0.237 e. The lowest BCUT2D eigenvalue weighted by atomic mass is 10.1. The fraction of sp³-hybridized carbons (Fsp3) is 0.158. The summed E-state index contributed by atoms with van der Waals surface area (Å²) in [5, 5.41) is 2.83. The Balaban J connectivity index is 1.77. The monoisotopic (exact) mass is 338 g/mol. The molecule has 0 radical (unpaired) electrons. The second-order valence-electron chi connectivity index (χ2n) is 5.25. The van der Waals surface area contributed by atoms with Gasteiger partial charge in [0.1, 0.15) is 10.8 Å². The Kier molecular flexibility index (Phi) is 5.01. The summed E-state index contributed by atoms with van der Waals surface area (Å²) in [6, 6.07) is 17.4. The number of amides is 1. The lowest BCUT2D eigenvalue weighted by Gasteiger charge is -2.17. The molecule has 0 saturated heterocycles. The van der Waals surface area contributed by atoms with Crippen LogP contribution in [0.1, 0.15) is 0 Å². The van der Waals surface area contributed by atoms with E-state index in [0.717, 1.165) is 27.2 Å². The second kappa shape index (κ2) is 7.36. The van der Waals surface area contributed by atoms with E-state index in [4.69, 9.17) is 4.74 Å². The van der Waals surface area contributed by atoms with Crippen molar-refractivity contribution < 1.29 is 9.53 Å². The van der Waals surface area contributed by atoms with Gasteiger partial charge in [0.2, 0.25) is 5.91 Å². The summed E-state index contributed by atoms with van der Waals surface area (Å²) in [4.78, 5) is 18.5. The third-order valence-corrected chi connectivity index (χ3v) is 4.79. The van der Waals surface area contributed by atoms with Crippen LogP contribution in [0.3, 0.4) is 0 Å². The molecule has 0 saturated carbocycles. The molecule has 122 valence electrons. The number of thioether (sulfide) groups is 1. The highest BCUT2D eigenvalue weighted by Crippen LogP contribution is 2.31. The van der Waals surface area contributed by atoms with Crippen LogP contribution >= 0.6 is 11.8 Å². The normalized spacial score (nSPS) is 10.6. The van der Waals surface area contributed by atoms with Crippen LogP contribution in [0.15, 0.2) is 65.8 Å². The standard InChI is InChI=1S/C19H18N2O2S/c1-21(14-7-4-3-5-8-14)18(22)13-24-19-16-9-6-10-17(23-2)15(16)11-12-20-19/h3-12H,13H2,1-2H3. The van der Waals surface area contributed by atoms with Gasteiger partial charge in [0.25, 0.3) is 0 Å². The number of nitrogens with zero attached hydrogens (tertiary/aromatic N) is 2. The zero-order valence-electron chi connectivity index (χ0n) is 13.6. The van der Waals surface area contributed by atoms with Crippen LogP contribution in [0.4, 0.5) is 5.69 Å². The van der Waals surface area contributed by atoms with Crippen molar-refractivity contribution in [3.8, 4) is 5.75 Å². The van der Waals surface area contributed by atoms with Crippen LogP contribution in [0.2, 0.25) is 0 Å². The molecule has 0 aliphatic heterocycles. The van der Waals surface area contributed by atoms with Gasteiger partial charge in [0, 0.05) is 29.7 Å². The van der Waals surface area contributed by atoms with Crippen LogP contribution in [0, 0.1) is 0 Å². The molecule has 0 unspecified atom stereocenters. The summed E-state index contributed by atoms with van der Waals surface area (Å²) in [6.07, 6.45) is 1.75. The summed E-state index contributed by atoms with van der Waals surface area (Å²) >= 11 is 1.44. The van der Waals surface area contributed by atoms with E-state index in [-0.39, 0.29) is 5.91 Å². The number of hydrogen-bond donors (Lipinski definition) is 0. The maximum absolute atomic E-state index is 12.4. The Morgan fingerprint density at radius 2 is 1.88 bits per heavy atom. The smallest absolute Gasteiger partial charge is 0.237 e. The first kappa shape index (κ1) is 16.3. The van der Waals surface area contributed by atoms with Gasteiger partial charge in [-0.25, -0.2) is 4.98 Å². The number of fused-ring (bicyclic) bond motifs is 1. The van der Waals surface area contributed by atoms with Gasteiger partial charge in [-0.1, -0.05) is 42.1 Å². The van der Waals surface area contributed by atoms with E-state index in [1.54, 1.807) is 25.3 Å². The Labute approximate surface area is 145 Å². The Hall–Kier alpha value is -2.53. The largest absolute Gasteiger partial charge is 0.496 e. The van der Waals surface area contributed by atoms with Gasteiger partial charge >= 0.3 is 0 Å². The van der Waals surface area contributed by atoms with Crippen LogP contribution in [0.5, 0.6) is 5.75 Å². The molecule has 1 heterocycles. The highest BCUT2D eigenvalue weighted by atomic mass is 32.2. The lowest BCUT2D eigenvalue weighted by Crippen LogP contribution is -2.27. The van der Waals surface area contributed by atoms with Crippen molar-refractivity contribution in [2.24, 2.45) is 0 Å². The Morgan fingerprint density at radius 1 is 1.08 bits per heavy atom. The van der Waals surface area contributed by atoms with Crippen molar-refractivity contribution in [1.29, 1.82) is 0 Å². The molecule has 0 spiro atoms. The van der Waals surface area contributed by atoms with E-state index in [2.05, 4.69) is 4.98 Å². The quantitative estimate of drug-likeness (QED) is 0.660. The van der Waals surface area contributed by atoms with Crippen LogP contribution in [-0.4, -0.2) is 30.8 Å². The van der Waals surface area contributed by atoms with E-state index in [0.29, 0.717) is 5.75 Å². The van der Waals surface area contributed by atoms with Gasteiger partial charge in [-0.3, -0.25) is 4.79 Å². The minimum absolute atomic E-state index is 0.0351.